The van der Waals surface area contributed by atoms with Gasteiger partial charge in [-0.15, -0.1) is 0 Å². The first-order valence-corrected chi connectivity index (χ1v) is 26.9. The zero-order chi connectivity index (χ0) is 58.0. The molecule has 0 unspecified atom stereocenters. The molecule has 1 aliphatic heterocycles. The lowest BCUT2D eigenvalue weighted by Crippen LogP contribution is -2.61. The Morgan fingerprint density at radius 3 is 1.90 bits per heavy atom. The monoisotopic (exact) mass is 1110 g/mol. The molecule has 0 radical (unpaired) electrons. The van der Waals surface area contributed by atoms with Crippen molar-refractivity contribution in [2.75, 3.05) is 25.0 Å². The Kier molecular flexibility index (Phi) is 23.3. The van der Waals surface area contributed by atoms with Crippen molar-refractivity contribution in [2.24, 2.45) is 34.8 Å². The van der Waals surface area contributed by atoms with E-state index in [4.69, 9.17) is 22.9 Å². The van der Waals surface area contributed by atoms with Crippen LogP contribution in [0.3, 0.4) is 0 Å². The van der Waals surface area contributed by atoms with Crippen molar-refractivity contribution in [3.63, 3.8) is 0 Å². The first kappa shape index (κ1) is 62.6. The molecule has 426 valence electrons. The van der Waals surface area contributed by atoms with Gasteiger partial charge in [0.15, 0.2) is 0 Å². The number of nitrogens with one attached hydrogen (secondary N) is 7. The number of phenolic OH excluding ortho intramolecular Hbond substituents is 1. The van der Waals surface area contributed by atoms with Crippen LogP contribution < -0.4 is 60.2 Å². The molecule has 0 spiro atoms. The van der Waals surface area contributed by atoms with E-state index in [2.05, 4.69) is 37.2 Å². The summed E-state index contributed by atoms with van der Waals surface area (Å²) in [5.74, 6) is -9.33. The van der Waals surface area contributed by atoms with Gasteiger partial charge >= 0.3 is 0 Å². The number of anilines is 1. The minimum atomic E-state index is -4.52. The average Bonchev–Trinajstić information content (AvgIpc) is 3.94. The number of likely N-dealkylation sites (tertiary alicyclic amines) is 1. The molecule has 3 aromatic rings. The first-order chi connectivity index (χ1) is 36.7. The molecule has 10 amide bonds. The molecule has 1 aliphatic rings. The van der Waals surface area contributed by atoms with Gasteiger partial charge in [0, 0.05) is 55.4 Å². The maximum absolute atomic E-state index is 14.6. The van der Waals surface area contributed by atoms with Crippen LogP contribution in [0.4, 0.5) is 5.69 Å². The lowest BCUT2D eigenvalue weighted by atomic mass is 9.95. The third-order valence-electron chi connectivity index (χ3n) is 13.2. The molecule has 1 fully saturated rings. The van der Waals surface area contributed by atoms with E-state index in [0.717, 1.165) is 0 Å². The molecule has 1 heterocycles. The maximum atomic E-state index is 14.6. The molecular weight excluding hydrogens is 1040 g/mol. The van der Waals surface area contributed by atoms with Crippen molar-refractivity contribution in [3.05, 3.63) is 66.2 Å². The number of nitrogens with zero attached hydrogens (tertiary/aromatic N) is 1. The first-order valence-electron chi connectivity index (χ1n) is 25.4. The number of hydrogen-bond donors (Lipinski definition) is 13. The van der Waals surface area contributed by atoms with Crippen LogP contribution in [0.25, 0.3) is 10.8 Å². The van der Waals surface area contributed by atoms with Crippen LogP contribution in [0.2, 0.25) is 0 Å². The van der Waals surface area contributed by atoms with E-state index in [1.807, 2.05) is 0 Å². The Bertz CT molecular complexity index is 2800. The number of benzene rings is 3. The number of amides is 10. The summed E-state index contributed by atoms with van der Waals surface area (Å²) in [5, 5.41) is 29.5. The van der Waals surface area contributed by atoms with Gasteiger partial charge < -0.3 is 70.2 Å². The fourth-order valence-corrected chi connectivity index (χ4v) is 9.38. The van der Waals surface area contributed by atoms with Crippen molar-refractivity contribution in [2.45, 2.75) is 133 Å². The SMILES string of the molecule is CC[C@H](C)[C@H](NC(=O)[C@@H]1CCCN1C(=O)[C@H](Cc1ccc(O)cc1)NC(=O)[C@H](CC(N)=O)NC(=O)[C@@H](N)CCC(N)=O)C(=O)N[C@H](C(=O)N[C@@H](CCC(N)=O)C(=O)NCCNc1cccc2c(S(=O)(=O)O)cccc12)C(C)C. The van der Waals surface area contributed by atoms with E-state index < -0.39 is 130 Å². The second-order valence-electron chi connectivity index (χ2n) is 19.5. The Morgan fingerprint density at radius 1 is 0.679 bits per heavy atom. The number of phenols is 1. The quantitative estimate of drug-likeness (QED) is 0.0264. The summed E-state index contributed by atoms with van der Waals surface area (Å²) < 4.78 is 33.6. The van der Waals surface area contributed by atoms with Crippen molar-refractivity contribution >= 4 is 85.6 Å². The normalized spacial score (nSPS) is 16.0. The van der Waals surface area contributed by atoms with Gasteiger partial charge in [0.2, 0.25) is 59.1 Å². The van der Waals surface area contributed by atoms with Gasteiger partial charge in [-0.25, -0.2) is 0 Å². The van der Waals surface area contributed by atoms with E-state index in [0.29, 0.717) is 29.5 Å². The van der Waals surface area contributed by atoms with Crippen LogP contribution in [0.5, 0.6) is 5.75 Å². The number of fused-ring (bicyclic) bond motifs is 1. The molecular formula is C51H72N12O14S. The lowest BCUT2D eigenvalue weighted by molar-refractivity contribution is -0.143. The second-order valence-corrected chi connectivity index (χ2v) is 20.9. The van der Waals surface area contributed by atoms with Crippen molar-refractivity contribution in [1.29, 1.82) is 0 Å². The Hall–Kier alpha value is -7.91. The maximum Gasteiger partial charge on any atom is 0.295 e. The van der Waals surface area contributed by atoms with Crippen LogP contribution in [0.1, 0.15) is 84.6 Å². The molecule has 4 rings (SSSR count). The zero-order valence-corrected chi connectivity index (χ0v) is 44.7. The molecule has 0 aromatic heterocycles. The minimum absolute atomic E-state index is 0.0109. The van der Waals surface area contributed by atoms with Crippen LogP contribution >= 0.6 is 0 Å². The number of nitrogens with two attached hydrogens (primary N) is 4. The number of hydrogen-bond acceptors (Lipinski definition) is 15. The van der Waals surface area contributed by atoms with Crippen molar-refractivity contribution in [3.8, 4) is 5.75 Å². The summed E-state index contributed by atoms with van der Waals surface area (Å²) in [6.45, 7) is 6.88. The van der Waals surface area contributed by atoms with Gasteiger partial charge in [-0.05, 0) is 67.3 Å². The van der Waals surface area contributed by atoms with E-state index in [1.54, 1.807) is 45.9 Å². The highest BCUT2D eigenvalue weighted by atomic mass is 32.2. The number of rotatable bonds is 30. The number of aromatic hydroxyl groups is 1. The van der Waals surface area contributed by atoms with Gasteiger partial charge in [-0.2, -0.15) is 8.42 Å². The van der Waals surface area contributed by atoms with E-state index in [9.17, 15) is 66.0 Å². The molecule has 0 aliphatic carbocycles. The highest BCUT2D eigenvalue weighted by Gasteiger charge is 2.41. The summed E-state index contributed by atoms with van der Waals surface area (Å²) >= 11 is 0. The average molecular weight is 1110 g/mol. The van der Waals surface area contributed by atoms with Crippen LogP contribution in [-0.2, 0) is 64.5 Å². The molecule has 3 aromatic carbocycles. The topological polar surface area (TPSA) is 437 Å². The largest absolute Gasteiger partial charge is 0.508 e. The Morgan fingerprint density at radius 2 is 1.28 bits per heavy atom. The highest BCUT2D eigenvalue weighted by Crippen LogP contribution is 2.29. The standard InChI is InChI=1S/C51H72N12O14S/c1-5-28(4)44(50(73)61-43(27(2)3)49(72)58-35(19-21-41(54)66)46(69)57-23-22-56-34-11-6-10-32-31(34)9-7-13-39(32)78(75,76)77)62-48(71)38-12-8-24-63(38)51(74)37(25-29-14-16-30(64)17-15-29)60-47(70)36(26-42(55)67)59-45(68)33(52)18-20-40(53)65/h6-7,9-11,13-17,27-28,33,35-38,43-44,56,64H,5,8,12,18-26,52H2,1-4H3,(H2,53,65)(H2,54,66)(H2,55,67)(H,57,69)(H,58,72)(H,59,68)(H,60,70)(H,61,73)(H,62,71)(H,75,76,77)/t28-,33-,35-,36-,37-,38-,43-,44-/m0/s1. The van der Waals surface area contributed by atoms with Gasteiger partial charge in [-0.1, -0.05) is 70.5 Å². The van der Waals surface area contributed by atoms with Gasteiger partial charge in [0.1, 0.15) is 46.9 Å². The molecule has 78 heavy (non-hydrogen) atoms. The summed E-state index contributed by atoms with van der Waals surface area (Å²) in [6, 6.07) is 5.48. The summed E-state index contributed by atoms with van der Waals surface area (Å²) in [6.07, 6.45) is -0.997. The third kappa shape index (κ3) is 18.4. The second kappa shape index (κ2) is 29.0. The predicted octanol–water partition coefficient (Wildman–Crippen LogP) is -1.59. The van der Waals surface area contributed by atoms with Gasteiger partial charge in [0.25, 0.3) is 10.1 Å². The summed E-state index contributed by atoms with van der Waals surface area (Å²) in [4.78, 5) is 134. The molecule has 17 N–H and O–H groups in total. The smallest absolute Gasteiger partial charge is 0.295 e. The molecule has 27 heteroatoms. The predicted molar refractivity (Wildman–Crippen MR) is 284 cm³/mol. The molecule has 0 saturated carbocycles. The Labute approximate surface area is 451 Å². The molecule has 8 atom stereocenters. The Balaban J connectivity index is 1.49. The van der Waals surface area contributed by atoms with Crippen molar-refractivity contribution in [1.82, 2.24) is 36.8 Å². The molecule has 1 saturated heterocycles. The lowest BCUT2D eigenvalue weighted by Gasteiger charge is -2.32. The van der Waals surface area contributed by atoms with Gasteiger partial charge in [0.05, 0.1) is 12.5 Å². The van der Waals surface area contributed by atoms with Crippen LogP contribution in [0.15, 0.2) is 65.6 Å². The number of carbonyl (C=O) groups is 10. The summed E-state index contributed by atoms with van der Waals surface area (Å²) in [7, 11) is -4.52. The van der Waals surface area contributed by atoms with E-state index >= 15 is 0 Å². The zero-order valence-electron chi connectivity index (χ0n) is 43.9. The number of carbonyl (C=O) groups excluding carboxylic acids is 10. The van der Waals surface area contributed by atoms with E-state index in [1.165, 1.54) is 47.4 Å². The highest BCUT2D eigenvalue weighted by molar-refractivity contribution is 7.86. The van der Waals surface area contributed by atoms with Crippen LogP contribution in [0, 0.1) is 11.8 Å². The molecule has 26 nitrogen and oxygen atoms in total. The molecule has 0 bridgehead atoms. The minimum Gasteiger partial charge on any atom is -0.508 e. The van der Waals surface area contributed by atoms with Gasteiger partial charge in [-0.3, -0.25) is 52.5 Å². The fourth-order valence-electron chi connectivity index (χ4n) is 8.67. The van der Waals surface area contributed by atoms with E-state index in [-0.39, 0.29) is 74.2 Å². The fraction of sp³-hybridized carbons (Fsp3) is 0.490. The van der Waals surface area contributed by atoms with Crippen LogP contribution in [-0.4, -0.2) is 144 Å². The third-order valence-corrected chi connectivity index (χ3v) is 14.1. The summed E-state index contributed by atoms with van der Waals surface area (Å²) in [5.41, 5.74) is 22.8. The number of primary amides is 3. The van der Waals surface area contributed by atoms with Crippen molar-refractivity contribution < 1.29 is 66.0 Å².